The molecule has 7 nitrogen and oxygen atoms in total. The highest BCUT2D eigenvalue weighted by Gasteiger charge is 2.56. The molecular weight excluding hydrogens is 184 g/mol. The molecule has 1 heterocycles. The van der Waals surface area contributed by atoms with Gasteiger partial charge in [-0.3, -0.25) is 0 Å². The monoisotopic (exact) mass is 196 g/mol. The Balaban J connectivity index is 2.73. The number of aliphatic hydroxyl groups is 6. The van der Waals surface area contributed by atoms with Crippen LogP contribution in [0.15, 0.2) is 0 Å². The van der Waals surface area contributed by atoms with E-state index in [1.165, 1.54) is 0 Å². The van der Waals surface area contributed by atoms with Crippen LogP contribution in [-0.2, 0) is 4.74 Å². The van der Waals surface area contributed by atoms with E-state index in [2.05, 4.69) is 4.74 Å². The Kier molecular flexibility index (Phi) is 2.88. The first-order chi connectivity index (χ1) is 5.91. The minimum Gasteiger partial charge on any atom is -0.394 e. The summed E-state index contributed by atoms with van der Waals surface area (Å²) in [4.78, 5) is 0. The first-order valence-electron chi connectivity index (χ1n) is 3.66. The van der Waals surface area contributed by atoms with Gasteiger partial charge in [-0.05, 0) is 0 Å². The van der Waals surface area contributed by atoms with Crippen molar-refractivity contribution in [2.45, 2.75) is 30.4 Å². The average molecular weight is 196 g/mol. The van der Waals surface area contributed by atoms with E-state index >= 15 is 0 Å². The van der Waals surface area contributed by atoms with Crippen molar-refractivity contribution in [1.82, 2.24) is 0 Å². The second kappa shape index (κ2) is 3.46. The minimum atomic E-state index is -2.82. The molecule has 0 aromatic heterocycles. The van der Waals surface area contributed by atoms with Gasteiger partial charge >= 0.3 is 0 Å². The standard InChI is InChI=1S/C6H12O7/c7-1-2(8)3-4(9)6(11,12)5(10)13-3/h2-5,7-12H,1H2/t2-,3+,4+,5+/m0/s1. The van der Waals surface area contributed by atoms with Gasteiger partial charge in [-0.25, -0.2) is 0 Å². The summed E-state index contributed by atoms with van der Waals surface area (Å²) < 4.78 is 4.44. The van der Waals surface area contributed by atoms with Gasteiger partial charge in [-0.1, -0.05) is 0 Å². The predicted molar refractivity (Wildman–Crippen MR) is 37.1 cm³/mol. The smallest absolute Gasteiger partial charge is 0.245 e. The van der Waals surface area contributed by atoms with E-state index in [1.807, 2.05) is 0 Å². The third-order valence-electron chi connectivity index (χ3n) is 1.96. The van der Waals surface area contributed by atoms with Gasteiger partial charge in [0.2, 0.25) is 12.1 Å². The van der Waals surface area contributed by atoms with E-state index in [0.29, 0.717) is 0 Å². The molecule has 0 amide bonds. The maximum atomic E-state index is 9.13. The second-order valence-corrected chi connectivity index (χ2v) is 2.93. The predicted octanol–water partition coefficient (Wildman–Crippen LogP) is -3.90. The summed E-state index contributed by atoms with van der Waals surface area (Å²) in [5, 5.41) is 53.5. The lowest BCUT2D eigenvalue weighted by Crippen LogP contribution is -2.50. The molecule has 7 heteroatoms. The largest absolute Gasteiger partial charge is 0.394 e. The second-order valence-electron chi connectivity index (χ2n) is 2.93. The van der Waals surface area contributed by atoms with Crippen LogP contribution in [0, 0.1) is 0 Å². The van der Waals surface area contributed by atoms with Gasteiger partial charge in [0, 0.05) is 0 Å². The average Bonchev–Trinajstić information content (AvgIpc) is 2.28. The van der Waals surface area contributed by atoms with Crippen LogP contribution in [0.5, 0.6) is 0 Å². The summed E-state index contributed by atoms with van der Waals surface area (Å²) in [6, 6.07) is 0. The highest BCUT2D eigenvalue weighted by molar-refractivity contribution is 4.94. The molecule has 1 saturated heterocycles. The van der Waals surface area contributed by atoms with Crippen molar-refractivity contribution in [3.05, 3.63) is 0 Å². The molecule has 13 heavy (non-hydrogen) atoms. The van der Waals surface area contributed by atoms with Crippen molar-refractivity contribution in [2.75, 3.05) is 6.61 Å². The van der Waals surface area contributed by atoms with Crippen LogP contribution in [0.1, 0.15) is 0 Å². The molecule has 0 unspecified atom stereocenters. The Hall–Kier alpha value is -0.280. The Labute approximate surface area is 73.4 Å². The molecular formula is C6H12O7. The minimum absolute atomic E-state index is 0.718. The molecule has 78 valence electrons. The van der Waals surface area contributed by atoms with Crippen molar-refractivity contribution in [1.29, 1.82) is 0 Å². The number of hydrogen-bond acceptors (Lipinski definition) is 7. The van der Waals surface area contributed by atoms with E-state index < -0.39 is 37.0 Å². The van der Waals surface area contributed by atoms with Crippen LogP contribution in [0.3, 0.4) is 0 Å². The van der Waals surface area contributed by atoms with Crippen molar-refractivity contribution >= 4 is 0 Å². The molecule has 1 fully saturated rings. The molecule has 0 aromatic rings. The topological polar surface area (TPSA) is 131 Å². The number of hydrogen-bond donors (Lipinski definition) is 6. The van der Waals surface area contributed by atoms with E-state index in [9.17, 15) is 0 Å². The molecule has 6 N–H and O–H groups in total. The lowest BCUT2D eigenvalue weighted by Gasteiger charge is -2.22. The Morgan fingerprint density at radius 1 is 1.31 bits per heavy atom. The normalized spacial score (nSPS) is 40.6. The van der Waals surface area contributed by atoms with Crippen molar-refractivity contribution < 1.29 is 35.4 Å². The molecule has 0 saturated carbocycles. The number of ether oxygens (including phenoxy) is 1. The van der Waals surface area contributed by atoms with Gasteiger partial charge < -0.3 is 35.4 Å². The Morgan fingerprint density at radius 3 is 2.15 bits per heavy atom. The third-order valence-corrected chi connectivity index (χ3v) is 1.96. The van der Waals surface area contributed by atoms with Crippen molar-refractivity contribution in [3.8, 4) is 0 Å². The summed E-state index contributed by atoms with van der Waals surface area (Å²) in [5.41, 5.74) is 0. The summed E-state index contributed by atoms with van der Waals surface area (Å²) in [6.45, 7) is -0.718. The lowest BCUT2D eigenvalue weighted by molar-refractivity contribution is -0.281. The van der Waals surface area contributed by atoms with Crippen LogP contribution in [0.2, 0.25) is 0 Å². The maximum Gasteiger partial charge on any atom is 0.245 e. The summed E-state index contributed by atoms with van der Waals surface area (Å²) in [7, 11) is 0. The van der Waals surface area contributed by atoms with E-state index in [-0.39, 0.29) is 0 Å². The van der Waals surface area contributed by atoms with Crippen molar-refractivity contribution in [3.63, 3.8) is 0 Å². The summed E-state index contributed by atoms with van der Waals surface area (Å²) >= 11 is 0. The maximum absolute atomic E-state index is 9.13. The fourth-order valence-electron chi connectivity index (χ4n) is 1.12. The highest BCUT2D eigenvalue weighted by Crippen LogP contribution is 2.29. The van der Waals surface area contributed by atoms with Crippen molar-refractivity contribution in [2.24, 2.45) is 0 Å². The molecule has 0 spiro atoms. The zero-order chi connectivity index (χ0) is 10.2. The first-order valence-corrected chi connectivity index (χ1v) is 3.66. The van der Waals surface area contributed by atoms with Crippen LogP contribution in [0.4, 0.5) is 0 Å². The summed E-state index contributed by atoms with van der Waals surface area (Å²) in [6.07, 6.45) is -6.78. The van der Waals surface area contributed by atoms with Crippen LogP contribution in [0.25, 0.3) is 0 Å². The van der Waals surface area contributed by atoms with E-state index in [0.717, 1.165) is 0 Å². The number of rotatable bonds is 2. The van der Waals surface area contributed by atoms with E-state index in [4.69, 9.17) is 30.6 Å². The molecule has 1 aliphatic heterocycles. The van der Waals surface area contributed by atoms with Gasteiger partial charge in [0.05, 0.1) is 6.61 Å². The third kappa shape index (κ3) is 1.67. The first kappa shape index (κ1) is 10.8. The van der Waals surface area contributed by atoms with Crippen LogP contribution >= 0.6 is 0 Å². The highest BCUT2D eigenvalue weighted by atomic mass is 16.7. The quantitative estimate of drug-likeness (QED) is 0.249. The molecule has 0 radical (unpaired) electrons. The Morgan fingerprint density at radius 2 is 1.85 bits per heavy atom. The van der Waals surface area contributed by atoms with Crippen LogP contribution in [-0.4, -0.2) is 67.6 Å². The molecule has 0 aliphatic carbocycles. The lowest BCUT2D eigenvalue weighted by atomic mass is 10.0. The van der Waals surface area contributed by atoms with E-state index in [1.54, 1.807) is 0 Å². The fourth-order valence-corrected chi connectivity index (χ4v) is 1.12. The van der Waals surface area contributed by atoms with Gasteiger partial charge in [-0.2, -0.15) is 0 Å². The molecule has 0 aromatic carbocycles. The van der Waals surface area contributed by atoms with Gasteiger partial charge in [0.25, 0.3) is 0 Å². The molecule has 0 bridgehead atoms. The number of aliphatic hydroxyl groups excluding tert-OH is 4. The molecule has 1 aliphatic rings. The van der Waals surface area contributed by atoms with Gasteiger partial charge in [-0.15, -0.1) is 0 Å². The fraction of sp³-hybridized carbons (Fsp3) is 1.00. The van der Waals surface area contributed by atoms with Gasteiger partial charge in [0.1, 0.15) is 18.3 Å². The van der Waals surface area contributed by atoms with Gasteiger partial charge in [0.15, 0.2) is 0 Å². The Bertz CT molecular complexity index is 182. The zero-order valence-electron chi connectivity index (χ0n) is 6.61. The van der Waals surface area contributed by atoms with Crippen LogP contribution < -0.4 is 0 Å². The molecule has 1 rings (SSSR count). The molecule has 4 atom stereocenters. The zero-order valence-corrected chi connectivity index (χ0v) is 6.61. The SMILES string of the molecule is OC[C@H](O)[C@H]1O[C@@H](O)C(O)(O)[C@@H]1O. The summed E-state index contributed by atoms with van der Waals surface area (Å²) in [5.74, 6) is -2.82.